The van der Waals surface area contributed by atoms with Crippen molar-refractivity contribution in [1.82, 2.24) is 9.13 Å². The summed E-state index contributed by atoms with van der Waals surface area (Å²) in [5, 5.41) is 23.7. The lowest BCUT2D eigenvalue weighted by molar-refractivity contribution is 1.18. The van der Waals surface area contributed by atoms with E-state index in [4.69, 9.17) is 0 Å². The van der Waals surface area contributed by atoms with Crippen molar-refractivity contribution < 1.29 is 0 Å². The zero-order chi connectivity index (χ0) is 28.2. The van der Waals surface area contributed by atoms with Crippen molar-refractivity contribution in [3.05, 3.63) is 145 Å². The Kier molecular flexibility index (Phi) is 5.22. The van der Waals surface area contributed by atoms with Gasteiger partial charge < -0.3 is 9.13 Å². The Morgan fingerprint density at radius 1 is 0.381 bits per heavy atom. The van der Waals surface area contributed by atoms with Gasteiger partial charge in [-0.15, -0.1) is 0 Å². The van der Waals surface area contributed by atoms with Crippen LogP contribution in [0.2, 0.25) is 0 Å². The second-order valence-corrected chi connectivity index (χ2v) is 10.5. The minimum atomic E-state index is 0.641. The molecule has 4 heteroatoms. The highest BCUT2D eigenvalue weighted by Crippen LogP contribution is 2.38. The Bertz CT molecular complexity index is 2270. The Morgan fingerprint density at radius 3 is 1.26 bits per heavy atom. The van der Waals surface area contributed by atoms with E-state index in [1.165, 1.54) is 21.5 Å². The molecule has 8 rings (SSSR count). The Hall–Kier alpha value is -6.10. The molecule has 194 valence electrons. The smallest absolute Gasteiger partial charge is 0.0992 e. The van der Waals surface area contributed by atoms with Gasteiger partial charge in [-0.3, -0.25) is 0 Å². The first-order valence-corrected chi connectivity index (χ1v) is 13.8. The molecule has 0 bridgehead atoms. The highest BCUT2D eigenvalue weighted by Gasteiger charge is 2.16. The van der Waals surface area contributed by atoms with Crippen molar-refractivity contribution in [2.24, 2.45) is 0 Å². The van der Waals surface area contributed by atoms with Crippen LogP contribution in [0.15, 0.2) is 133 Å². The molecular weight excluding hydrogens is 512 g/mol. The Labute approximate surface area is 242 Å². The average molecular weight is 535 g/mol. The zero-order valence-corrected chi connectivity index (χ0v) is 22.5. The fraction of sp³-hybridized carbons (Fsp3) is 0. The van der Waals surface area contributed by atoms with E-state index in [1.807, 2.05) is 36.4 Å². The van der Waals surface area contributed by atoms with E-state index in [9.17, 15) is 10.5 Å². The summed E-state index contributed by atoms with van der Waals surface area (Å²) in [7, 11) is 0. The molecule has 0 atom stereocenters. The lowest BCUT2D eigenvalue weighted by atomic mass is 10.0. The van der Waals surface area contributed by atoms with E-state index in [-0.39, 0.29) is 0 Å². The van der Waals surface area contributed by atoms with Gasteiger partial charge in [-0.2, -0.15) is 10.5 Å². The molecule has 0 spiro atoms. The van der Waals surface area contributed by atoms with Crippen LogP contribution in [-0.2, 0) is 0 Å². The normalized spacial score (nSPS) is 11.3. The summed E-state index contributed by atoms with van der Waals surface area (Å²) in [4.78, 5) is 0. The number of fused-ring (bicyclic) bond motifs is 6. The molecule has 42 heavy (non-hydrogen) atoms. The van der Waals surface area contributed by atoms with Crippen LogP contribution in [0.3, 0.4) is 0 Å². The van der Waals surface area contributed by atoms with Crippen LogP contribution in [0.4, 0.5) is 0 Å². The van der Waals surface area contributed by atoms with Crippen molar-refractivity contribution in [2.75, 3.05) is 0 Å². The molecule has 0 aliphatic rings. The van der Waals surface area contributed by atoms with Gasteiger partial charge >= 0.3 is 0 Å². The molecule has 0 amide bonds. The maximum atomic E-state index is 9.51. The van der Waals surface area contributed by atoms with E-state index in [0.717, 1.165) is 44.6 Å². The predicted molar refractivity (Wildman–Crippen MR) is 170 cm³/mol. The first-order chi connectivity index (χ1) is 20.7. The van der Waals surface area contributed by atoms with Crippen molar-refractivity contribution in [2.45, 2.75) is 0 Å². The number of hydrogen-bond acceptors (Lipinski definition) is 2. The van der Waals surface area contributed by atoms with Crippen LogP contribution in [0.5, 0.6) is 0 Å². The van der Waals surface area contributed by atoms with E-state index in [0.29, 0.717) is 11.1 Å². The second kappa shape index (κ2) is 9.24. The molecule has 0 radical (unpaired) electrons. The second-order valence-electron chi connectivity index (χ2n) is 10.5. The van der Waals surface area contributed by atoms with Crippen LogP contribution < -0.4 is 0 Å². The fourth-order valence-electron chi connectivity index (χ4n) is 6.29. The third kappa shape index (κ3) is 3.53. The SMILES string of the molecule is N#Cc1cccc(-n2c3ccccc3c3cc(-c4ccc5c(c4)c4ccccc4n5-c4cccc(C#N)c4)ccc32)c1. The van der Waals surface area contributed by atoms with Crippen molar-refractivity contribution >= 4 is 43.6 Å². The number of hydrogen-bond donors (Lipinski definition) is 0. The standard InChI is InChI=1S/C38H22N4/c39-23-25-7-5-9-29(19-25)41-35-13-3-1-11-31(35)33-21-27(15-17-37(33)41)28-16-18-38-34(22-28)32-12-2-4-14-36(32)42(38)30-10-6-8-26(20-30)24-40/h1-22H. The monoisotopic (exact) mass is 534 g/mol. The Morgan fingerprint density at radius 2 is 0.810 bits per heavy atom. The molecule has 0 fully saturated rings. The van der Waals surface area contributed by atoms with Crippen LogP contribution in [0.25, 0.3) is 66.1 Å². The summed E-state index contributed by atoms with van der Waals surface area (Å²) in [5.74, 6) is 0. The molecule has 0 aliphatic carbocycles. The number of aromatic nitrogens is 2. The van der Waals surface area contributed by atoms with E-state index >= 15 is 0 Å². The molecule has 0 aliphatic heterocycles. The molecule has 2 heterocycles. The molecule has 2 aromatic heterocycles. The molecule has 0 saturated heterocycles. The van der Waals surface area contributed by atoms with Gasteiger partial charge in [0.1, 0.15) is 0 Å². The quantitative estimate of drug-likeness (QED) is 0.227. The minimum absolute atomic E-state index is 0.641. The Balaban J connectivity index is 1.34. The number of nitrogens with zero attached hydrogens (tertiary/aromatic N) is 4. The third-order valence-corrected chi connectivity index (χ3v) is 8.15. The summed E-state index contributed by atoms with van der Waals surface area (Å²) < 4.78 is 4.48. The molecule has 4 nitrogen and oxygen atoms in total. The van der Waals surface area contributed by atoms with Crippen molar-refractivity contribution in [1.29, 1.82) is 10.5 Å². The molecule has 0 N–H and O–H groups in total. The van der Waals surface area contributed by atoms with E-state index < -0.39 is 0 Å². The van der Waals surface area contributed by atoms with Gasteiger partial charge in [0, 0.05) is 32.9 Å². The maximum Gasteiger partial charge on any atom is 0.0992 e. The average Bonchev–Trinajstić information content (AvgIpc) is 3.57. The van der Waals surface area contributed by atoms with Crippen molar-refractivity contribution in [3.63, 3.8) is 0 Å². The van der Waals surface area contributed by atoms with Gasteiger partial charge in [0.15, 0.2) is 0 Å². The van der Waals surface area contributed by atoms with Crippen LogP contribution in [0, 0.1) is 22.7 Å². The predicted octanol–water partition coefficient (Wildman–Crippen LogP) is 9.29. The van der Waals surface area contributed by atoms with Gasteiger partial charge in [-0.05, 0) is 83.9 Å². The molecular formula is C38H22N4. The van der Waals surface area contributed by atoms with Gasteiger partial charge in [0.2, 0.25) is 0 Å². The third-order valence-electron chi connectivity index (χ3n) is 8.15. The topological polar surface area (TPSA) is 57.4 Å². The minimum Gasteiger partial charge on any atom is -0.309 e. The van der Waals surface area contributed by atoms with E-state index in [1.54, 1.807) is 0 Å². The zero-order valence-electron chi connectivity index (χ0n) is 22.5. The highest BCUT2D eigenvalue weighted by molar-refractivity contribution is 6.12. The summed E-state index contributed by atoms with van der Waals surface area (Å²) in [6, 6.07) is 50.2. The maximum absolute atomic E-state index is 9.51. The molecule has 0 unspecified atom stereocenters. The van der Waals surface area contributed by atoms with Crippen molar-refractivity contribution in [3.8, 4) is 34.6 Å². The number of rotatable bonds is 3. The van der Waals surface area contributed by atoms with E-state index in [2.05, 4.69) is 118 Å². The molecule has 8 aromatic rings. The highest BCUT2D eigenvalue weighted by atomic mass is 15.0. The van der Waals surface area contributed by atoms with Gasteiger partial charge in [-0.1, -0.05) is 60.7 Å². The summed E-state index contributed by atoms with van der Waals surface area (Å²) in [6.07, 6.45) is 0. The van der Waals surface area contributed by atoms with Gasteiger partial charge in [0.05, 0.1) is 45.3 Å². The summed E-state index contributed by atoms with van der Waals surface area (Å²) in [6.45, 7) is 0. The fourth-order valence-corrected chi connectivity index (χ4v) is 6.29. The molecule has 0 saturated carbocycles. The van der Waals surface area contributed by atoms with Crippen LogP contribution in [-0.4, -0.2) is 9.13 Å². The first-order valence-electron chi connectivity index (χ1n) is 13.8. The largest absolute Gasteiger partial charge is 0.309 e. The van der Waals surface area contributed by atoms with Gasteiger partial charge in [0.25, 0.3) is 0 Å². The summed E-state index contributed by atoms with van der Waals surface area (Å²) >= 11 is 0. The lowest BCUT2D eigenvalue weighted by Gasteiger charge is -2.10. The van der Waals surface area contributed by atoms with Crippen LogP contribution in [0.1, 0.15) is 11.1 Å². The molecule has 6 aromatic carbocycles. The van der Waals surface area contributed by atoms with Gasteiger partial charge in [-0.25, -0.2) is 0 Å². The first kappa shape index (κ1) is 23.8. The summed E-state index contributed by atoms with van der Waals surface area (Å²) in [5.41, 5.74) is 9.93. The van der Waals surface area contributed by atoms with Crippen LogP contribution >= 0.6 is 0 Å². The number of nitriles is 2. The number of benzene rings is 6. The lowest BCUT2D eigenvalue weighted by Crippen LogP contribution is -1.94. The number of para-hydroxylation sites is 2.